The fraction of sp³-hybridized carbons (Fsp3) is 0.190. The number of rotatable bonds is 6. The lowest BCUT2D eigenvalue weighted by Crippen LogP contribution is -2.42. The van der Waals surface area contributed by atoms with Crippen molar-refractivity contribution < 1.29 is 23.1 Å². The number of nitrogens with zero attached hydrogens (tertiary/aromatic N) is 3. The maximum Gasteiger partial charge on any atom is 0.416 e. The molecule has 9 nitrogen and oxygen atoms in total. The number of anilines is 1. The van der Waals surface area contributed by atoms with Gasteiger partial charge < -0.3 is 10.4 Å². The normalized spacial score (nSPS) is 11.3. The summed E-state index contributed by atoms with van der Waals surface area (Å²) >= 11 is 0. The molecule has 0 aliphatic carbocycles. The number of carbonyl (C=O) groups is 1. The van der Waals surface area contributed by atoms with Crippen molar-refractivity contribution in [3.05, 3.63) is 85.7 Å². The molecular weight excluding hydrogens is 443 g/mol. The molecule has 0 bridgehead atoms. The topological polar surface area (TPSA) is 130 Å². The third-order valence-electron chi connectivity index (χ3n) is 5.13. The second-order valence-electron chi connectivity index (χ2n) is 7.04. The summed E-state index contributed by atoms with van der Waals surface area (Å²) < 4.78 is 41.3. The molecule has 0 amide bonds. The molecule has 3 aromatic rings. The SMILES string of the molecule is CNc1ccc(-n2cc(C(=O)O)c(=O)n(Cc3cccc(C(F)(F)F)c3C)c2=O)cc1N=N. The van der Waals surface area contributed by atoms with Gasteiger partial charge in [0.25, 0.3) is 5.56 Å². The summed E-state index contributed by atoms with van der Waals surface area (Å²) in [6.07, 6.45) is -3.80. The van der Waals surface area contributed by atoms with Crippen LogP contribution in [0.25, 0.3) is 5.69 Å². The zero-order valence-electron chi connectivity index (χ0n) is 17.4. The lowest BCUT2D eigenvalue weighted by Gasteiger charge is -2.16. The fourth-order valence-electron chi connectivity index (χ4n) is 3.38. The van der Waals surface area contributed by atoms with E-state index >= 15 is 0 Å². The maximum atomic E-state index is 13.3. The molecular formula is C21H18F3N5O4. The minimum absolute atomic E-state index is 0.0329. The van der Waals surface area contributed by atoms with Crippen molar-refractivity contribution in [2.24, 2.45) is 5.11 Å². The van der Waals surface area contributed by atoms with Gasteiger partial charge in [-0.1, -0.05) is 12.1 Å². The molecule has 12 heteroatoms. The van der Waals surface area contributed by atoms with Gasteiger partial charge in [0.2, 0.25) is 0 Å². The molecule has 0 aliphatic rings. The highest BCUT2D eigenvalue weighted by molar-refractivity contribution is 5.86. The molecule has 0 atom stereocenters. The van der Waals surface area contributed by atoms with Gasteiger partial charge in [-0.15, -0.1) is 0 Å². The minimum Gasteiger partial charge on any atom is -0.477 e. The van der Waals surface area contributed by atoms with Crippen molar-refractivity contribution in [3.63, 3.8) is 0 Å². The monoisotopic (exact) mass is 461 g/mol. The van der Waals surface area contributed by atoms with Gasteiger partial charge in [-0.05, 0) is 42.3 Å². The summed E-state index contributed by atoms with van der Waals surface area (Å²) in [5.74, 6) is -1.61. The van der Waals surface area contributed by atoms with Crippen LogP contribution in [-0.4, -0.2) is 27.3 Å². The third kappa shape index (κ3) is 4.40. The van der Waals surface area contributed by atoms with E-state index in [-0.39, 0.29) is 22.5 Å². The molecule has 172 valence electrons. The number of aromatic nitrogens is 2. The van der Waals surface area contributed by atoms with Gasteiger partial charge in [-0.2, -0.15) is 18.3 Å². The van der Waals surface area contributed by atoms with Gasteiger partial charge in [-0.3, -0.25) is 13.9 Å². The van der Waals surface area contributed by atoms with Crippen LogP contribution in [0.2, 0.25) is 0 Å². The number of carboxylic acids is 1. The summed E-state index contributed by atoms with van der Waals surface area (Å²) in [6, 6.07) is 7.63. The molecule has 0 saturated heterocycles. The van der Waals surface area contributed by atoms with Gasteiger partial charge in [0.1, 0.15) is 11.3 Å². The van der Waals surface area contributed by atoms with Gasteiger partial charge in [-0.25, -0.2) is 15.1 Å². The number of nitrogens with one attached hydrogen (secondary N) is 2. The maximum absolute atomic E-state index is 13.3. The molecule has 33 heavy (non-hydrogen) atoms. The predicted octanol–water partition coefficient (Wildman–Crippen LogP) is 3.78. The van der Waals surface area contributed by atoms with E-state index in [1.807, 2.05) is 0 Å². The molecule has 1 heterocycles. The van der Waals surface area contributed by atoms with Crippen molar-refractivity contribution in [1.29, 1.82) is 5.53 Å². The first-order valence-electron chi connectivity index (χ1n) is 9.44. The largest absolute Gasteiger partial charge is 0.477 e. The van der Waals surface area contributed by atoms with Crippen LogP contribution in [0.3, 0.4) is 0 Å². The molecule has 0 unspecified atom stereocenters. The number of alkyl halides is 3. The van der Waals surface area contributed by atoms with E-state index in [1.165, 1.54) is 31.2 Å². The first-order valence-corrected chi connectivity index (χ1v) is 9.44. The van der Waals surface area contributed by atoms with Gasteiger partial charge in [0.15, 0.2) is 0 Å². The third-order valence-corrected chi connectivity index (χ3v) is 5.13. The molecule has 0 saturated carbocycles. The summed E-state index contributed by atoms with van der Waals surface area (Å²) in [7, 11) is 1.59. The van der Waals surface area contributed by atoms with Crippen molar-refractivity contribution in [2.75, 3.05) is 12.4 Å². The summed E-state index contributed by atoms with van der Waals surface area (Å²) in [6.45, 7) is 0.639. The smallest absolute Gasteiger partial charge is 0.416 e. The number of aromatic carboxylic acids is 1. The molecule has 0 aliphatic heterocycles. The summed E-state index contributed by atoms with van der Waals surface area (Å²) in [5.41, 5.74) is 4.07. The van der Waals surface area contributed by atoms with Crippen LogP contribution in [-0.2, 0) is 12.7 Å². The molecule has 0 spiro atoms. The van der Waals surface area contributed by atoms with Crippen LogP contribution in [0, 0.1) is 12.5 Å². The highest BCUT2D eigenvalue weighted by Gasteiger charge is 2.33. The average Bonchev–Trinajstić information content (AvgIpc) is 2.76. The van der Waals surface area contributed by atoms with Crippen molar-refractivity contribution in [1.82, 2.24) is 9.13 Å². The molecule has 3 N–H and O–H groups in total. The van der Waals surface area contributed by atoms with E-state index in [2.05, 4.69) is 10.4 Å². The Hall–Kier alpha value is -4.22. The second kappa shape index (κ2) is 8.73. The highest BCUT2D eigenvalue weighted by atomic mass is 19.4. The molecule has 2 aromatic carbocycles. The van der Waals surface area contributed by atoms with Crippen LogP contribution in [0.4, 0.5) is 24.5 Å². The zero-order valence-corrected chi connectivity index (χ0v) is 17.4. The number of hydrogen-bond donors (Lipinski definition) is 3. The predicted molar refractivity (Wildman–Crippen MR) is 113 cm³/mol. The fourth-order valence-corrected chi connectivity index (χ4v) is 3.38. The average molecular weight is 461 g/mol. The number of hydrogen-bond acceptors (Lipinski definition) is 6. The van der Waals surface area contributed by atoms with Crippen LogP contribution >= 0.6 is 0 Å². The van der Waals surface area contributed by atoms with E-state index in [9.17, 15) is 32.7 Å². The Bertz CT molecular complexity index is 1380. The number of halogens is 3. The Morgan fingerprint density at radius 1 is 1.21 bits per heavy atom. The first-order chi connectivity index (χ1) is 15.5. The Kier molecular flexibility index (Phi) is 6.20. The lowest BCUT2D eigenvalue weighted by molar-refractivity contribution is -0.138. The highest BCUT2D eigenvalue weighted by Crippen LogP contribution is 2.33. The number of carboxylic acid groups (broad SMARTS) is 1. The van der Waals surface area contributed by atoms with Crippen LogP contribution in [0.15, 0.2) is 57.3 Å². The lowest BCUT2D eigenvalue weighted by atomic mass is 10.0. The summed E-state index contributed by atoms with van der Waals surface area (Å²) in [4.78, 5) is 37.5. The molecule has 0 radical (unpaired) electrons. The van der Waals surface area contributed by atoms with E-state index < -0.39 is 41.1 Å². The van der Waals surface area contributed by atoms with E-state index in [4.69, 9.17) is 5.53 Å². The molecule has 0 fully saturated rings. The Morgan fingerprint density at radius 2 is 1.91 bits per heavy atom. The van der Waals surface area contributed by atoms with E-state index in [1.54, 1.807) is 7.05 Å². The minimum atomic E-state index is -4.64. The van der Waals surface area contributed by atoms with Crippen LogP contribution in [0.5, 0.6) is 0 Å². The van der Waals surface area contributed by atoms with Crippen LogP contribution < -0.4 is 16.6 Å². The molecule has 3 rings (SSSR count). The standard InChI is InChI=1S/C21H18F3N5O4/c1-11-12(4-3-5-15(11)21(22,23)24)9-29-18(30)14(19(31)32)10-28(20(29)33)13-6-7-16(26-2)17(8-13)27-25/h3-8,10,25-26H,9H2,1-2H3,(H,31,32). The van der Waals surface area contributed by atoms with E-state index in [0.717, 1.165) is 22.9 Å². The quantitative estimate of drug-likeness (QED) is 0.481. The Labute approximate surface area is 184 Å². The Morgan fingerprint density at radius 3 is 2.48 bits per heavy atom. The number of benzene rings is 2. The van der Waals surface area contributed by atoms with Gasteiger partial charge in [0, 0.05) is 13.2 Å². The first kappa shape index (κ1) is 23.4. The Balaban J connectivity index is 2.26. The molecule has 1 aromatic heterocycles. The van der Waals surface area contributed by atoms with Gasteiger partial charge in [0.05, 0.1) is 23.5 Å². The van der Waals surface area contributed by atoms with Gasteiger partial charge >= 0.3 is 17.8 Å². The van der Waals surface area contributed by atoms with Crippen molar-refractivity contribution in [3.8, 4) is 5.69 Å². The van der Waals surface area contributed by atoms with Crippen LogP contribution in [0.1, 0.15) is 27.0 Å². The summed E-state index contributed by atoms with van der Waals surface area (Å²) in [5, 5.41) is 15.6. The van der Waals surface area contributed by atoms with Crippen molar-refractivity contribution >= 4 is 17.3 Å². The van der Waals surface area contributed by atoms with E-state index in [0.29, 0.717) is 10.3 Å². The zero-order chi connectivity index (χ0) is 24.5. The van der Waals surface area contributed by atoms with Crippen molar-refractivity contribution in [2.45, 2.75) is 19.6 Å². The second-order valence-corrected chi connectivity index (χ2v) is 7.04.